The van der Waals surface area contributed by atoms with E-state index in [1.165, 1.54) is 6.33 Å². The van der Waals surface area contributed by atoms with Crippen molar-refractivity contribution in [3.63, 3.8) is 0 Å². The van der Waals surface area contributed by atoms with Crippen molar-refractivity contribution in [3.05, 3.63) is 24.3 Å². The average molecular weight is 294 g/mol. The Bertz CT molecular complexity index is 429. The van der Waals surface area contributed by atoms with Gasteiger partial charge in [0.05, 0.1) is 5.69 Å². The number of carbonyl (C=O) groups is 1. The van der Waals surface area contributed by atoms with Gasteiger partial charge in [-0.05, 0) is 40.7 Å². The number of nitrogens with zero attached hydrogens (tertiary/aromatic N) is 3. The molecular weight excluding hydrogens is 268 g/mol. The molecule has 1 aromatic rings. The molecule has 0 fully saturated rings. The van der Waals surface area contributed by atoms with Crippen molar-refractivity contribution in [2.45, 2.75) is 52.8 Å². The first-order valence-electron chi connectivity index (χ1n) is 7.25. The minimum Gasteiger partial charge on any atom is -0.444 e. The molecule has 6 heteroatoms. The molecule has 21 heavy (non-hydrogen) atoms. The van der Waals surface area contributed by atoms with Crippen molar-refractivity contribution in [1.82, 2.24) is 20.2 Å². The Morgan fingerprint density at radius 2 is 2.14 bits per heavy atom. The SMILES string of the molecule is CC(C)N(CCNCc1ccncn1)C(=O)OC(C)(C)C. The minimum absolute atomic E-state index is 0.0979. The average Bonchev–Trinajstić information content (AvgIpc) is 2.37. The van der Waals surface area contributed by atoms with E-state index in [-0.39, 0.29) is 12.1 Å². The van der Waals surface area contributed by atoms with Crippen LogP contribution in [0.4, 0.5) is 4.79 Å². The van der Waals surface area contributed by atoms with E-state index in [2.05, 4.69) is 15.3 Å². The zero-order valence-corrected chi connectivity index (χ0v) is 13.6. The molecule has 1 heterocycles. The van der Waals surface area contributed by atoms with Gasteiger partial charge in [0.1, 0.15) is 11.9 Å². The third-order valence-corrected chi connectivity index (χ3v) is 2.73. The van der Waals surface area contributed by atoms with Gasteiger partial charge in [-0.1, -0.05) is 0 Å². The van der Waals surface area contributed by atoms with Crippen LogP contribution in [-0.2, 0) is 11.3 Å². The first kappa shape index (κ1) is 17.4. The summed E-state index contributed by atoms with van der Waals surface area (Å²) in [5, 5.41) is 3.27. The van der Waals surface area contributed by atoms with E-state index >= 15 is 0 Å². The molecule has 118 valence electrons. The highest BCUT2D eigenvalue weighted by Crippen LogP contribution is 2.11. The molecule has 0 saturated carbocycles. The van der Waals surface area contributed by atoms with Crippen molar-refractivity contribution >= 4 is 6.09 Å². The Kier molecular flexibility index (Phi) is 6.55. The molecule has 6 nitrogen and oxygen atoms in total. The number of carbonyl (C=O) groups excluding carboxylic acids is 1. The van der Waals surface area contributed by atoms with Crippen LogP contribution >= 0.6 is 0 Å². The summed E-state index contributed by atoms with van der Waals surface area (Å²) >= 11 is 0. The summed E-state index contributed by atoms with van der Waals surface area (Å²) in [5.41, 5.74) is 0.455. The lowest BCUT2D eigenvalue weighted by molar-refractivity contribution is 0.0193. The first-order chi connectivity index (χ1) is 9.79. The molecule has 0 aliphatic heterocycles. The fourth-order valence-electron chi connectivity index (χ4n) is 1.72. The third kappa shape index (κ3) is 7.04. The van der Waals surface area contributed by atoms with E-state index in [4.69, 9.17) is 4.74 Å². The number of aromatic nitrogens is 2. The van der Waals surface area contributed by atoms with Crippen LogP contribution in [0.5, 0.6) is 0 Å². The maximum absolute atomic E-state index is 12.1. The predicted octanol–water partition coefficient (Wildman–Crippen LogP) is 2.21. The standard InChI is InChI=1S/C15H26N4O2/c1-12(2)19(14(20)21-15(3,4)5)9-8-16-10-13-6-7-17-11-18-13/h6-7,11-12,16H,8-10H2,1-5H3. The van der Waals surface area contributed by atoms with Gasteiger partial charge in [-0.3, -0.25) is 0 Å². The predicted molar refractivity (Wildman–Crippen MR) is 81.8 cm³/mol. The molecule has 0 spiro atoms. The fraction of sp³-hybridized carbons (Fsp3) is 0.667. The minimum atomic E-state index is -0.474. The second-order valence-electron chi connectivity index (χ2n) is 6.14. The van der Waals surface area contributed by atoms with Gasteiger partial charge in [0.25, 0.3) is 0 Å². The van der Waals surface area contributed by atoms with Crippen LogP contribution < -0.4 is 5.32 Å². The zero-order chi connectivity index (χ0) is 15.9. The Morgan fingerprint density at radius 1 is 1.43 bits per heavy atom. The Labute approximate surface area is 126 Å². The summed E-state index contributed by atoms with van der Waals surface area (Å²) in [6, 6.07) is 1.96. The monoisotopic (exact) mass is 294 g/mol. The van der Waals surface area contributed by atoms with Gasteiger partial charge in [0.15, 0.2) is 0 Å². The molecule has 1 N–H and O–H groups in total. The number of nitrogens with one attached hydrogen (secondary N) is 1. The maximum Gasteiger partial charge on any atom is 0.410 e. The van der Waals surface area contributed by atoms with E-state index in [0.717, 1.165) is 5.69 Å². The highest BCUT2D eigenvalue weighted by Gasteiger charge is 2.23. The van der Waals surface area contributed by atoms with Gasteiger partial charge in [-0.25, -0.2) is 14.8 Å². The lowest BCUT2D eigenvalue weighted by Gasteiger charge is -2.30. The van der Waals surface area contributed by atoms with Gasteiger partial charge in [-0.15, -0.1) is 0 Å². The smallest absolute Gasteiger partial charge is 0.410 e. The largest absolute Gasteiger partial charge is 0.444 e. The lowest BCUT2D eigenvalue weighted by Crippen LogP contribution is -2.44. The molecule has 0 saturated heterocycles. The molecule has 1 aromatic heterocycles. The highest BCUT2D eigenvalue weighted by atomic mass is 16.6. The zero-order valence-electron chi connectivity index (χ0n) is 13.6. The second kappa shape index (κ2) is 7.93. The van der Waals surface area contributed by atoms with E-state index < -0.39 is 5.60 Å². The number of hydrogen-bond donors (Lipinski definition) is 1. The van der Waals surface area contributed by atoms with Gasteiger partial charge < -0.3 is 15.0 Å². The first-order valence-corrected chi connectivity index (χ1v) is 7.25. The molecular formula is C15H26N4O2. The van der Waals surface area contributed by atoms with Crippen molar-refractivity contribution in [1.29, 1.82) is 0 Å². The van der Waals surface area contributed by atoms with Crippen LogP contribution in [0.25, 0.3) is 0 Å². The number of amides is 1. The number of rotatable bonds is 6. The molecule has 0 bridgehead atoms. The van der Waals surface area contributed by atoms with Crippen molar-refractivity contribution in [2.24, 2.45) is 0 Å². The van der Waals surface area contributed by atoms with E-state index in [1.54, 1.807) is 11.1 Å². The van der Waals surface area contributed by atoms with Crippen LogP contribution in [-0.4, -0.2) is 45.7 Å². The topological polar surface area (TPSA) is 67.3 Å². The summed E-state index contributed by atoms with van der Waals surface area (Å²) in [6.45, 7) is 11.5. The van der Waals surface area contributed by atoms with Crippen LogP contribution in [0.3, 0.4) is 0 Å². The molecule has 0 aliphatic rings. The Hall–Kier alpha value is -1.69. The quantitative estimate of drug-likeness (QED) is 0.815. The molecule has 0 aliphatic carbocycles. The summed E-state index contributed by atoms with van der Waals surface area (Å²) in [6.07, 6.45) is 2.96. The molecule has 1 amide bonds. The molecule has 0 atom stereocenters. The van der Waals surface area contributed by atoms with Crippen LogP contribution in [0.15, 0.2) is 18.6 Å². The van der Waals surface area contributed by atoms with Crippen LogP contribution in [0.1, 0.15) is 40.3 Å². The molecule has 0 aromatic carbocycles. The van der Waals surface area contributed by atoms with Crippen molar-refractivity contribution in [3.8, 4) is 0 Å². The summed E-state index contributed by atoms with van der Waals surface area (Å²) in [4.78, 5) is 21.8. The van der Waals surface area contributed by atoms with Gasteiger partial charge >= 0.3 is 6.09 Å². The summed E-state index contributed by atoms with van der Waals surface area (Å²) in [5.74, 6) is 0. The van der Waals surface area contributed by atoms with E-state index in [0.29, 0.717) is 19.6 Å². The van der Waals surface area contributed by atoms with Crippen LogP contribution in [0.2, 0.25) is 0 Å². The fourth-order valence-corrected chi connectivity index (χ4v) is 1.72. The van der Waals surface area contributed by atoms with Crippen molar-refractivity contribution in [2.75, 3.05) is 13.1 Å². The van der Waals surface area contributed by atoms with Crippen LogP contribution in [0, 0.1) is 0 Å². The van der Waals surface area contributed by atoms with Gasteiger partial charge in [0, 0.05) is 31.9 Å². The second-order valence-corrected chi connectivity index (χ2v) is 6.14. The number of ether oxygens (including phenoxy) is 1. The van der Waals surface area contributed by atoms with Gasteiger partial charge in [-0.2, -0.15) is 0 Å². The Balaban J connectivity index is 2.39. The Morgan fingerprint density at radius 3 is 2.67 bits per heavy atom. The summed E-state index contributed by atoms with van der Waals surface area (Å²) < 4.78 is 5.42. The van der Waals surface area contributed by atoms with Crippen molar-refractivity contribution < 1.29 is 9.53 Å². The lowest BCUT2D eigenvalue weighted by atomic mass is 10.2. The normalized spacial score (nSPS) is 11.5. The highest BCUT2D eigenvalue weighted by molar-refractivity contribution is 5.68. The molecule has 1 rings (SSSR count). The molecule has 0 radical (unpaired) electrons. The summed E-state index contributed by atoms with van der Waals surface area (Å²) in [7, 11) is 0. The van der Waals surface area contributed by atoms with Gasteiger partial charge in [0.2, 0.25) is 0 Å². The van der Waals surface area contributed by atoms with E-state index in [1.807, 2.05) is 40.7 Å². The van der Waals surface area contributed by atoms with E-state index in [9.17, 15) is 4.79 Å². The number of hydrogen-bond acceptors (Lipinski definition) is 5. The maximum atomic E-state index is 12.1. The molecule has 0 unspecified atom stereocenters. The third-order valence-electron chi connectivity index (χ3n) is 2.73.